The van der Waals surface area contributed by atoms with E-state index in [9.17, 15) is 4.79 Å². The van der Waals surface area contributed by atoms with Gasteiger partial charge in [0.1, 0.15) is 0 Å². The van der Waals surface area contributed by atoms with Crippen LogP contribution in [-0.2, 0) is 4.74 Å². The van der Waals surface area contributed by atoms with Crippen molar-refractivity contribution >= 4 is 6.09 Å². The molecule has 0 atom stereocenters. The summed E-state index contributed by atoms with van der Waals surface area (Å²) in [7, 11) is 2.14. The minimum atomic E-state index is -0.296. The predicted molar refractivity (Wildman–Crippen MR) is 64.5 cm³/mol. The van der Waals surface area contributed by atoms with Crippen LogP contribution in [0, 0.1) is 5.41 Å². The number of hydrogen-bond acceptors (Lipinski definition) is 3. The zero-order chi connectivity index (χ0) is 12.2. The van der Waals surface area contributed by atoms with Crippen molar-refractivity contribution in [2.75, 3.05) is 26.7 Å². The van der Waals surface area contributed by atoms with Gasteiger partial charge in [-0.25, -0.2) is 4.79 Å². The molecule has 1 saturated heterocycles. The Morgan fingerprint density at radius 3 is 2.50 bits per heavy atom. The van der Waals surface area contributed by atoms with Crippen LogP contribution >= 0.6 is 0 Å². The first kappa shape index (κ1) is 13.3. The molecule has 0 aliphatic carbocycles. The smallest absolute Gasteiger partial charge is 0.407 e. The number of ether oxygens (including phenoxy) is 1. The van der Waals surface area contributed by atoms with E-state index in [4.69, 9.17) is 4.74 Å². The second-order valence-corrected chi connectivity index (χ2v) is 5.42. The lowest BCUT2D eigenvalue weighted by molar-refractivity contribution is 0.0998. The van der Waals surface area contributed by atoms with Gasteiger partial charge in [0.15, 0.2) is 0 Å². The average Bonchev–Trinajstić information content (AvgIpc) is 2.20. The van der Waals surface area contributed by atoms with Crippen molar-refractivity contribution < 1.29 is 9.53 Å². The normalized spacial score (nSPS) is 20.8. The summed E-state index contributed by atoms with van der Waals surface area (Å²) in [6.45, 7) is 8.88. The Kier molecular flexibility index (Phi) is 4.59. The average molecular weight is 228 g/mol. The van der Waals surface area contributed by atoms with E-state index in [0.717, 1.165) is 25.9 Å². The van der Waals surface area contributed by atoms with Gasteiger partial charge in [0.05, 0.1) is 6.10 Å². The van der Waals surface area contributed by atoms with Crippen molar-refractivity contribution in [1.82, 2.24) is 10.2 Å². The van der Waals surface area contributed by atoms with Gasteiger partial charge in [0.2, 0.25) is 0 Å². The molecule has 4 heteroatoms. The molecule has 0 bridgehead atoms. The quantitative estimate of drug-likeness (QED) is 0.801. The van der Waals surface area contributed by atoms with Gasteiger partial charge in [-0.15, -0.1) is 0 Å². The lowest BCUT2D eigenvalue weighted by Gasteiger charge is -2.37. The fraction of sp³-hybridized carbons (Fsp3) is 0.917. The van der Waals surface area contributed by atoms with Gasteiger partial charge in [-0.3, -0.25) is 0 Å². The van der Waals surface area contributed by atoms with Crippen LogP contribution in [0.2, 0.25) is 0 Å². The van der Waals surface area contributed by atoms with Crippen LogP contribution in [0.3, 0.4) is 0 Å². The highest BCUT2D eigenvalue weighted by molar-refractivity contribution is 5.67. The molecule has 4 nitrogen and oxygen atoms in total. The Hall–Kier alpha value is -0.770. The maximum Gasteiger partial charge on any atom is 0.407 e. The van der Waals surface area contributed by atoms with E-state index in [2.05, 4.69) is 24.2 Å². The van der Waals surface area contributed by atoms with Crippen LogP contribution < -0.4 is 5.32 Å². The highest BCUT2D eigenvalue weighted by atomic mass is 16.6. The highest BCUT2D eigenvalue weighted by Gasteiger charge is 2.29. The Bertz CT molecular complexity index is 233. The molecular weight excluding hydrogens is 204 g/mol. The summed E-state index contributed by atoms with van der Waals surface area (Å²) in [5, 5.41) is 2.86. The minimum absolute atomic E-state index is 0.0507. The zero-order valence-corrected chi connectivity index (χ0v) is 10.9. The van der Waals surface area contributed by atoms with Crippen LogP contribution in [0.5, 0.6) is 0 Å². The predicted octanol–water partition coefficient (Wildman–Crippen LogP) is 1.85. The number of piperidine rings is 1. The summed E-state index contributed by atoms with van der Waals surface area (Å²) in [5.41, 5.74) is 0.225. The van der Waals surface area contributed by atoms with Gasteiger partial charge in [-0.1, -0.05) is 6.92 Å². The van der Waals surface area contributed by atoms with Gasteiger partial charge in [-0.05, 0) is 52.2 Å². The Balaban J connectivity index is 2.28. The number of carbonyl (C=O) groups is 1. The van der Waals surface area contributed by atoms with Gasteiger partial charge < -0.3 is 15.0 Å². The topological polar surface area (TPSA) is 41.6 Å². The molecule has 1 rings (SSSR count). The van der Waals surface area contributed by atoms with Gasteiger partial charge >= 0.3 is 6.09 Å². The monoisotopic (exact) mass is 228 g/mol. The summed E-state index contributed by atoms with van der Waals surface area (Å²) in [6.07, 6.45) is 1.91. The van der Waals surface area contributed by atoms with Gasteiger partial charge in [0.25, 0.3) is 0 Å². The maximum absolute atomic E-state index is 11.4. The maximum atomic E-state index is 11.4. The molecule has 0 saturated carbocycles. The number of hydrogen-bond donors (Lipinski definition) is 1. The highest BCUT2D eigenvalue weighted by Crippen LogP contribution is 2.29. The summed E-state index contributed by atoms with van der Waals surface area (Å²) in [5.74, 6) is 0. The van der Waals surface area contributed by atoms with E-state index in [1.54, 1.807) is 0 Å². The number of alkyl carbamates (subject to hydrolysis) is 1. The fourth-order valence-electron chi connectivity index (χ4n) is 1.88. The molecule has 0 aromatic carbocycles. The molecule has 1 amide bonds. The number of likely N-dealkylation sites (tertiary alicyclic amines) is 1. The summed E-state index contributed by atoms with van der Waals surface area (Å²) in [6, 6.07) is 0. The Morgan fingerprint density at radius 1 is 1.44 bits per heavy atom. The van der Waals surface area contributed by atoms with Crippen molar-refractivity contribution in [2.24, 2.45) is 5.41 Å². The van der Waals surface area contributed by atoms with Crippen molar-refractivity contribution in [1.29, 1.82) is 0 Å². The second kappa shape index (κ2) is 5.53. The number of amides is 1. The van der Waals surface area contributed by atoms with Crippen molar-refractivity contribution in [2.45, 2.75) is 39.7 Å². The van der Waals surface area contributed by atoms with E-state index in [-0.39, 0.29) is 17.6 Å². The molecule has 1 heterocycles. The van der Waals surface area contributed by atoms with Crippen LogP contribution in [0.4, 0.5) is 4.79 Å². The molecule has 0 aromatic rings. The molecule has 1 aliphatic rings. The largest absolute Gasteiger partial charge is 0.447 e. The first-order valence-corrected chi connectivity index (χ1v) is 6.04. The molecule has 94 valence electrons. The van der Waals surface area contributed by atoms with E-state index in [0.29, 0.717) is 6.54 Å². The molecule has 16 heavy (non-hydrogen) atoms. The van der Waals surface area contributed by atoms with E-state index >= 15 is 0 Å². The molecule has 1 fully saturated rings. The molecule has 0 spiro atoms. The van der Waals surface area contributed by atoms with Crippen molar-refractivity contribution in [3.8, 4) is 0 Å². The molecule has 1 aliphatic heterocycles. The van der Waals surface area contributed by atoms with Crippen molar-refractivity contribution in [3.05, 3.63) is 0 Å². The van der Waals surface area contributed by atoms with Gasteiger partial charge in [-0.2, -0.15) is 0 Å². The third-order valence-electron chi connectivity index (χ3n) is 3.20. The fourth-order valence-corrected chi connectivity index (χ4v) is 1.88. The molecule has 0 radical (unpaired) electrons. The van der Waals surface area contributed by atoms with Gasteiger partial charge in [0, 0.05) is 6.54 Å². The lowest BCUT2D eigenvalue weighted by atomic mass is 9.80. The Morgan fingerprint density at radius 2 is 2.00 bits per heavy atom. The SMILES string of the molecule is CC(C)OC(=O)NCC1(C)CCN(C)CC1. The third-order valence-corrected chi connectivity index (χ3v) is 3.20. The first-order valence-electron chi connectivity index (χ1n) is 6.04. The van der Waals surface area contributed by atoms with Crippen LogP contribution in [-0.4, -0.2) is 43.8 Å². The Labute approximate surface area is 98.3 Å². The number of nitrogens with zero attached hydrogens (tertiary/aromatic N) is 1. The zero-order valence-electron chi connectivity index (χ0n) is 10.9. The molecular formula is C12H24N2O2. The number of carbonyl (C=O) groups excluding carboxylic acids is 1. The van der Waals surface area contributed by atoms with Crippen molar-refractivity contribution in [3.63, 3.8) is 0 Å². The third kappa shape index (κ3) is 4.39. The first-order chi connectivity index (χ1) is 7.41. The second-order valence-electron chi connectivity index (χ2n) is 5.42. The molecule has 0 unspecified atom stereocenters. The van der Waals surface area contributed by atoms with Crippen LogP contribution in [0.25, 0.3) is 0 Å². The number of rotatable bonds is 3. The van der Waals surface area contributed by atoms with E-state index in [1.165, 1.54) is 0 Å². The number of nitrogens with one attached hydrogen (secondary N) is 1. The van der Waals surface area contributed by atoms with E-state index < -0.39 is 0 Å². The standard InChI is InChI=1S/C12H24N2O2/c1-10(2)16-11(15)13-9-12(3)5-7-14(4)8-6-12/h10H,5-9H2,1-4H3,(H,13,15). The summed E-state index contributed by atoms with van der Waals surface area (Å²) >= 11 is 0. The minimum Gasteiger partial charge on any atom is -0.447 e. The van der Waals surface area contributed by atoms with E-state index in [1.807, 2.05) is 13.8 Å². The molecule has 0 aromatic heterocycles. The van der Waals surface area contributed by atoms with Crippen LogP contribution in [0.15, 0.2) is 0 Å². The summed E-state index contributed by atoms with van der Waals surface area (Å²) < 4.78 is 5.05. The summed E-state index contributed by atoms with van der Waals surface area (Å²) in [4.78, 5) is 13.7. The van der Waals surface area contributed by atoms with Crippen LogP contribution in [0.1, 0.15) is 33.6 Å². The molecule has 1 N–H and O–H groups in total. The lowest BCUT2D eigenvalue weighted by Crippen LogP contribution is -2.43.